The van der Waals surface area contributed by atoms with Crippen molar-refractivity contribution in [2.45, 2.75) is 50.5 Å². The maximum Gasteiger partial charge on any atom is 0.254 e. The SMILES string of the molecule is CCC[C@H]1[C@@H](C)CCCN1C(=O)c1ccc2c(c1)NC(=O)CS2. The molecule has 23 heavy (non-hydrogen) atoms. The summed E-state index contributed by atoms with van der Waals surface area (Å²) in [5, 5.41) is 2.87. The Bertz CT molecular complexity index is 617. The molecule has 1 aromatic rings. The normalized spacial score (nSPS) is 24.1. The van der Waals surface area contributed by atoms with Gasteiger partial charge in [-0.15, -0.1) is 11.8 Å². The van der Waals surface area contributed by atoms with Gasteiger partial charge in [-0.2, -0.15) is 0 Å². The van der Waals surface area contributed by atoms with Gasteiger partial charge < -0.3 is 10.2 Å². The Kier molecular flexibility index (Phi) is 4.95. The quantitative estimate of drug-likeness (QED) is 0.916. The first-order valence-corrected chi connectivity index (χ1v) is 9.46. The fraction of sp³-hybridized carbons (Fsp3) is 0.556. The van der Waals surface area contributed by atoms with E-state index in [2.05, 4.69) is 24.1 Å². The number of piperidine rings is 1. The topological polar surface area (TPSA) is 49.4 Å². The van der Waals surface area contributed by atoms with Crippen molar-refractivity contribution in [1.82, 2.24) is 4.90 Å². The van der Waals surface area contributed by atoms with Crippen LogP contribution in [0.4, 0.5) is 5.69 Å². The van der Waals surface area contributed by atoms with E-state index >= 15 is 0 Å². The standard InChI is InChI=1S/C18H24N2O2S/c1-3-5-15-12(2)6-4-9-20(15)18(22)13-7-8-16-14(10-13)19-17(21)11-23-16/h7-8,10,12,15H,3-6,9,11H2,1-2H3,(H,19,21)/t12-,15-/m0/s1. The fourth-order valence-electron chi connectivity index (χ4n) is 3.62. The molecule has 0 spiro atoms. The first-order valence-electron chi connectivity index (χ1n) is 8.47. The third-order valence-electron chi connectivity index (χ3n) is 4.82. The molecule has 4 nitrogen and oxygen atoms in total. The van der Waals surface area contributed by atoms with Crippen LogP contribution in [0.25, 0.3) is 0 Å². The minimum absolute atomic E-state index is 0.00236. The molecule has 0 unspecified atom stereocenters. The lowest BCUT2D eigenvalue weighted by Gasteiger charge is -2.40. The molecule has 0 aromatic heterocycles. The van der Waals surface area contributed by atoms with Crippen molar-refractivity contribution < 1.29 is 9.59 Å². The highest BCUT2D eigenvalue weighted by atomic mass is 32.2. The molecule has 0 bridgehead atoms. The third-order valence-corrected chi connectivity index (χ3v) is 5.89. The van der Waals surface area contributed by atoms with Crippen LogP contribution in [0.2, 0.25) is 0 Å². The molecular weight excluding hydrogens is 308 g/mol. The Balaban J connectivity index is 1.84. The molecule has 2 atom stereocenters. The minimum atomic E-state index is 0.00236. The van der Waals surface area contributed by atoms with Gasteiger partial charge in [-0.3, -0.25) is 9.59 Å². The van der Waals surface area contributed by atoms with Crippen LogP contribution in [0.5, 0.6) is 0 Å². The second-order valence-corrected chi connectivity index (χ2v) is 7.54. The Morgan fingerprint density at radius 3 is 3.04 bits per heavy atom. The van der Waals surface area contributed by atoms with E-state index in [1.807, 2.05) is 18.2 Å². The summed E-state index contributed by atoms with van der Waals surface area (Å²) < 4.78 is 0. The van der Waals surface area contributed by atoms with Crippen LogP contribution in [0.15, 0.2) is 23.1 Å². The van der Waals surface area contributed by atoms with E-state index in [-0.39, 0.29) is 11.8 Å². The van der Waals surface area contributed by atoms with E-state index < -0.39 is 0 Å². The number of nitrogens with one attached hydrogen (secondary N) is 1. The van der Waals surface area contributed by atoms with Gasteiger partial charge in [0, 0.05) is 23.0 Å². The van der Waals surface area contributed by atoms with Crippen LogP contribution >= 0.6 is 11.8 Å². The number of hydrogen-bond acceptors (Lipinski definition) is 3. The third kappa shape index (κ3) is 3.39. The van der Waals surface area contributed by atoms with Crippen LogP contribution in [0, 0.1) is 5.92 Å². The molecule has 5 heteroatoms. The Hall–Kier alpha value is -1.49. The molecule has 2 aliphatic rings. The lowest BCUT2D eigenvalue weighted by molar-refractivity contribution is -0.113. The number of fused-ring (bicyclic) bond motifs is 1. The van der Waals surface area contributed by atoms with E-state index in [1.165, 1.54) is 18.2 Å². The molecule has 2 aliphatic heterocycles. The average molecular weight is 332 g/mol. The summed E-state index contributed by atoms with van der Waals surface area (Å²) >= 11 is 1.52. The molecule has 2 heterocycles. The highest BCUT2D eigenvalue weighted by molar-refractivity contribution is 8.00. The van der Waals surface area contributed by atoms with Crippen molar-refractivity contribution in [2.24, 2.45) is 5.92 Å². The summed E-state index contributed by atoms with van der Waals surface area (Å²) in [6, 6.07) is 6.02. The van der Waals surface area contributed by atoms with Gasteiger partial charge in [0.05, 0.1) is 11.4 Å². The van der Waals surface area contributed by atoms with Crippen molar-refractivity contribution in [1.29, 1.82) is 0 Å². The smallest absolute Gasteiger partial charge is 0.254 e. The second-order valence-electron chi connectivity index (χ2n) is 6.52. The molecule has 2 amide bonds. The van der Waals surface area contributed by atoms with Crippen LogP contribution in [-0.4, -0.2) is 35.1 Å². The lowest BCUT2D eigenvalue weighted by atomic mass is 9.87. The first-order chi connectivity index (χ1) is 11.1. The maximum atomic E-state index is 13.0. The molecule has 124 valence electrons. The number of thioether (sulfide) groups is 1. The van der Waals surface area contributed by atoms with Gasteiger partial charge in [0.2, 0.25) is 5.91 Å². The molecule has 1 fully saturated rings. The second kappa shape index (κ2) is 6.95. The zero-order valence-electron chi connectivity index (χ0n) is 13.8. The number of rotatable bonds is 3. The van der Waals surface area contributed by atoms with Gasteiger partial charge in [-0.05, 0) is 43.4 Å². The van der Waals surface area contributed by atoms with E-state index in [4.69, 9.17) is 0 Å². The van der Waals surface area contributed by atoms with Crippen LogP contribution in [0.3, 0.4) is 0 Å². The van der Waals surface area contributed by atoms with Gasteiger partial charge in [0.15, 0.2) is 0 Å². The van der Waals surface area contributed by atoms with Crippen molar-refractivity contribution in [2.75, 3.05) is 17.6 Å². The van der Waals surface area contributed by atoms with Crippen molar-refractivity contribution in [3.8, 4) is 0 Å². The van der Waals surface area contributed by atoms with Crippen molar-refractivity contribution >= 4 is 29.3 Å². The molecular formula is C18H24N2O2S. The monoisotopic (exact) mass is 332 g/mol. The van der Waals surface area contributed by atoms with Gasteiger partial charge in [0.1, 0.15) is 0 Å². The predicted molar refractivity (Wildman–Crippen MR) is 93.9 cm³/mol. The number of carbonyl (C=O) groups is 2. The number of hydrogen-bond donors (Lipinski definition) is 1. The van der Waals surface area contributed by atoms with Crippen LogP contribution in [0.1, 0.15) is 49.9 Å². The zero-order chi connectivity index (χ0) is 16.4. The number of carbonyl (C=O) groups excluding carboxylic acids is 2. The Morgan fingerprint density at radius 1 is 1.43 bits per heavy atom. The lowest BCUT2D eigenvalue weighted by Crippen LogP contribution is -2.47. The largest absolute Gasteiger partial charge is 0.335 e. The summed E-state index contributed by atoms with van der Waals surface area (Å²) in [5.41, 5.74) is 1.45. The Morgan fingerprint density at radius 2 is 2.26 bits per heavy atom. The first kappa shape index (κ1) is 16.4. The minimum Gasteiger partial charge on any atom is -0.335 e. The Labute approximate surface area is 142 Å². The van der Waals surface area contributed by atoms with Gasteiger partial charge in [0.25, 0.3) is 5.91 Å². The van der Waals surface area contributed by atoms with Crippen LogP contribution < -0.4 is 5.32 Å². The summed E-state index contributed by atoms with van der Waals surface area (Å²) in [6.07, 6.45) is 4.43. The highest BCUT2D eigenvalue weighted by Gasteiger charge is 2.32. The number of anilines is 1. The summed E-state index contributed by atoms with van der Waals surface area (Å²) in [5.74, 6) is 1.10. The van der Waals surface area contributed by atoms with E-state index in [0.717, 1.165) is 36.4 Å². The predicted octanol–water partition coefficient (Wildman–Crippen LogP) is 3.77. The van der Waals surface area contributed by atoms with Crippen LogP contribution in [-0.2, 0) is 4.79 Å². The molecule has 3 rings (SSSR count). The van der Waals surface area contributed by atoms with Gasteiger partial charge in [-0.25, -0.2) is 0 Å². The summed E-state index contributed by atoms with van der Waals surface area (Å²) in [6.45, 7) is 5.27. The molecule has 1 saturated heterocycles. The molecule has 1 N–H and O–H groups in total. The van der Waals surface area contributed by atoms with Crippen molar-refractivity contribution in [3.05, 3.63) is 23.8 Å². The van der Waals surface area contributed by atoms with E-state index in [1.54, 1.807) is 0 Å². The number of benzene rings is 1. The number of likely N-dealkylation sites (tertiary alicyclic amines) is 1. The van der Waals surface area contributed by atoms with Crippen molar-refractivity contribution in [3.63, 3.8) is 0 Å². The average Bonchev–Trinajstić information content (AvgIpc) is 2.55. The van der Waals surface area contributed by atoms with E-state index in [9.17, 15) is 9.59 Å². The highest BCUT2D eigenvalue weighted by Crippen LogP contribution is 2.33. The van der Waals surface area contributed by atoms with Gasteiger partial charge in [-0.1, -0.05) is 20.3 Å². The molecule has 1 aromatic carbocycles. The molecule has 0 aliphatic carbocycles. The summed E-state index contributed by atoms with van der Waals surface area (Å²) in [7, 11) is 0. The zero-order valence-corrected chi connectivity index (χ0v) is 14.6. The molecule has 0 radical (unpaired) electrons. The summed E-state index contributed by atoms with van der Waals surface area (Å²) in [4.78, 5) is 27.7. The number of nitrogens with zero attached hydrogens (tertiary/aromatic N) is 1. The molecule has 0 saturated carbocycles. The fourth-order valence-corrected chi connectivity index (χ4v) is 4.41. The van der Waals surface area contributed by atoms with E-state index in [0.29, 0.717) is 23.3 Å². The maximum absolute atomic E-state index is 13.0. The van der Waals surface area contributed by atoms with Gasteiger partial charge >= 0.3 is 0 Å². The number of amides is 2.